The minimum Gasteiger partial charge on any atom is -0.468 e. The number of piperidine rings is 1. The zero-order chi connectivity index (χ0) is 10.1. The van der Waals surface area contributed by atoms with Gasteiger partial charge in [-0.05, 0) is 25.2 Å². The van der Waals surface area contributed by atoms with E-state index in [1.807, 2.05) is 0 Å². The number of hydrogen-bond donors (Lipinski definition) is 1. The number of carbonyl (C=O) groups excluding carboxylic acids is 1. The van der Waals surface area contributed by atoms with Crippen molar-refractivity contribution in [1.29, 1.82) is 0 Å². The lowest BCUT2D eigenvalue weighted by molar-refractivity contribution is -0.142. The van der Waals surface area contributed by atoms with Gasteiger partial charge in [0.15, 0.2) is 0 Å². The molecule has 14 heavy (non-hydrogen) atoms. The molecule has 1 saturated heterocycles. The predicted molar refractivity (Wildman–Crippen MR) is 52.7 cm³/mol. The Balaban J connectivity index is 1.83. The molecule has 4 heteroatoms. The monoisotopic (exact) mass is 198 g/mol. The first-order chi connectivity index (χ1) is 6.70. The Hall–Kier alpha value is -0.610. The Labute approximate surface area is 84.4 Å². The van der Waals surface area contributed by atoms with Crippen LogP contribution in [0.25, 0.3) is 0 Å². The zero-order valence-electron chi connectivity index (χ0n) is 8.61. The van der Waals surface area contributed by atoms with Crippen LogP contribution in [0.4, 0.5) is 0 Å². The van der Waals surface area contributed by atoms with E-state index in [9.17, 15) is 4.79 Å². The van der Waals surface area contributed by atoms with E-state index >= 15 is 0 Å². The third-order valence-corrected chi connectivity index (χ3v) is 3.46. The Morgan fingerprint density at radius 2 is 2.43 bits per heavy atom. The summed E-state index contributed by atoms with van der Waals surface area (Å²) in [5.41, 5.74) is 5.72. The molecule has 1 saturated carbocycles. The summed E-state index contributed by atoms with van der Waals surface area (Å²) < 4.78 is 4.61. The van der Waals surface area contributed by atoms with E-state index in [1.54, 1.807) is 0 Å². The van der Waals surface area contributed by atoms with Gasteiger partial charge >= 0.3 is 5.97 Å². The maximum atomic E-state index is 11.1. The molecule has 1 aliphatic carbocycles. The van der Waals surface area contributed by atoms with Crippen LogP contribution in [0.15, 0.2) is 0 Å². The van der Waals surface area contributed by atoms with Gasteiger partial charge in [0.2, 0.25) is 0 Å². The van der Waals surface area contributed by atoms with Gasteiger partial charge in [-0.2, -0.15) is 0 Å². The van der Waals surface area contributed by atoms with Gasteiger partial charge in [-0.3, -0.25) is 9.69 Å². The van der Waals surface area contributed by atoms with Crippen molar-refractivity contribution in [3.05, 3.63) is 0 Å². The molecule has 1 aliphatic heterocycles. The molecule has 2 fully saturated rings. The van der Waals surface area contributed by atoms with E-state index in [-0.39, 0.29) is 5.97 Å². The average Bonchev–Trinajstić information content (AvgIpc) is 2.77. The lowest BCUT2D eigenvalue weighted by Crippen LogP contribution is -2.46. The molecule has 2 bridgehead atoms. The minimum absolute atomic E-state index is 0.298. The molecule has 0 amide bonds. The molecule has 3 unspecified atom stereocenters. The highest BCUT2D eigenvalue weighted by molar-refractivity contribution is 5.75. The molecule has 0 aromatic rings. The molecule has 80 valence electrons. The van der Waals surface area contributed by atoms with Crippen molar-refractivity contribution in [3.8, 4) is 0 Å². The van der Waals surface area contributed by atoms with Crippen molar-refractivity contribution in [2.45, 2.75) is 31.3 Å². The third-order valence-electron chi connectivity index (χ3n) is 3.46. The molecule has 2 N–H and O–H groups in total. The van der Waals surface area contributed by atoms with Gasteiger partial charge in [0.05, 0.1) is 7.11 Å². The second-order valence-corrected chi connectivity index (χ2v) is 4.42. The summed E-state index contributed by atoms with van der Waals surface area (Å²) in [6, 6.07) is 0.204. The van der Waals surface area contributed by atoms with Crippen LogP contribution < -0.4 is 5.73 Å². The maximum Gasteiger partial charge on any atom is 0.323 e. The van der Waals surface area contributed by atoms with Gasteiger partial charge in [0.1, 0.15) is 6.04 Å². The zero-order valence-corrected chi connectivity index (χ0v) is 8.61. The van der Waals surface area contributed by atoms with Crippen LogP contribution in [0, 0.1) is 5.92 Å². The normalized spacial score (nSPS) is 33.3. The number of nitrogens with zero attached hydrogens (tertiary/aromatic N) is 1. The van der Waals surface area contributed by atoms with Crippen molar-refractivity contribution in [1.82, 2.24) is 4.90 Å². The summed E-state index contributed by atoms with van der Waals surface area (Å²) >= 11 is 0. The van der Waals surface area contributed by atoms with E-state index in [2.05, 4.69) is 9.64 Å². The molecule has 2 aliphatic rings. The highest BCUT2D eigenvalue weighted by atomic mass is 16.5. The molecule has 2 rings (SSSR count). The van der Waals surface area contributed by atoms with Crippen LogP contribution in [0.3, 0.4) is 0 Å². The Morgan fingerprint density at radius 3 is 2.93 bits per heavy atom. The van der Waals surface area contributed by atoms with Gasteiger partial charge in [-0.1, -0.05) is 0 Å². The number of carbonyl (C=O) groups is 1. The van der Waals surface area contributed by atoms with Gasteiger partial charge in [0, 0.05) is 19.1 Å². The summed E-state index contributed by atoms with van der Waals surface area (Å²) in [6.07, 6.45) is 3.93. The molecular formula is C10H18N2O2. The van der Waals surface area contributed by atoms with Crippen LogP contribution in [0.2, 0.25) is 0 Å². The third kappa shape index (κ3) is 1.77. The summed E-state index contributed by atoms with van der Waals surface area (Å²) in [5, 5.41) is 0. The van der Waals surface area contributed by atoms with Crippen LogP contribution in [0.5, 0.6) is 0 Å². The molecule has 3 atom stereocenters. The van der Waals surface area contributed by atoms with Crippen molar-refractivity contribution < 1.29 is 9.53 Å². The Kier molecular flexibility index (Phi) is 2.74. The SMILES string of the molecule is COC(=O)C(N)CN1CC2CCC1C2. The smallest absolute Gasteiger partial charge is 0.323 e. The molecule has 1 heterocycles. The molecule has 4 nitrogen and oxygen atoms in total. The van der Waals surface area contributed by atoms with Crippen LogP contribution >= 0.6 is 0 Å². The van der Waals surface area contributed by atoms with E-state index in [0.717, 1.165) is 12.5 Å². The van der Waals surface area contributed by atoms with Crippen molar-refractivity contribution >= 4 is 5.97 Å². The quantitative estimate of drug-likeness (QED) is 0.647. The lowest BCUT2D eigenvalue weighted by Gasteiger charge is -2.28. The van der Waals surface area contributed by atoms with Crippen LogP contribution in [0.1, 0.15) is 19.3 Å². The number of esters is 1. The molecule has 0 radical (unpaired) electrons. The Bertz CT molecular complexity index is 232. The van der Waals surface area contributed by atoms with E-state index in [4.69, 9.17) is 5.73 Å². The summed E-state index contributed by atoms with van der Waals surface area (Å²) in [4.78, 5) is 13.5. The average molecular weight is 198 g/mol. The topological polar surface area (TPSA) is 55.6 Å². The van der Waals surface area contributed by atoms with E-state index in [1.165, 1.54) is 26.4 Å². The van der Waals surface area contributed by atoms with Crippen molar-refractivity contribution in [2.24, 2.45) is 11.7 Å². The lowest BCUT2D eigenvalue weighted by atomic mass is 10.1. The standard InChI is InChI=1S/C10H18N2O2/c1-14-10(13)9(11)6-12-5-7-2-3-8(12)4-7/h7-9H,2-6,11H2,1H3. The largest absolute Gasteiger partial charge is 0.468 e. The van der Waals surface area contributed by atoms with Crippen LogP contribution in [-0.2, 0) is 9.53 Å². The maximum absolute atomic E-state index is 11.1. The van der Waals surface area contributed by atoms with Gasteiger partial charge in [0.25, 0.3) is 0 Å². The van der Waals surface area contributed by atoms with Gasteiger partial charge in [-0.25, -0.2) is 0 Å². The van der Waals surface area contributed by atoms with Crippen molar-refractivity contribution in [3.63, 3.8) is 0 Å². The highest BCUT2D eigenvalue weighted by Gasteiger charge is 2.38. The summed E-state index contributed by atoms with van der Waals surface area (Å²) in [5.74, 6) is 0.553. The number of likely N-dealkylation sites (tertiary alicyclic amines) is 1. The number of ether oxygens (including phenoxy) is 1. The summed E-state index contributed by atoms with van der Waals surface area (Å²) in [7, 11) is 1.39. The van der Waals surface area contributed by atoms with Crippen LogP contribution in [-0.4, -0.2) is 43.2 Å². The molecule has 0 spiro atoms. The number of fused-ring (bicyclic) bond motifs is 2. The summed E-state index contributed by atoms with van der Waals surface area (Å²) in [6.45, 7) is 1.78. The number of nitrogens with two attached hydrogens (primary N) is 1. The first-order valence-corrected chi connectivity index (χ1v) is 5.28. The fourth-order valence-corrected chi connectivity index (χ4v) is 2.73. The predicted octanol–water partition coefficient (Wildman–Crippen LogP) is -0.0290. The fraction of sp³-hybridized carbons (Fsp3) is 0.900. The first-order valence-electron chi connectivity index (χ1n) is 5.28. The fourth-order valence-electron chi connectivity index (χ4n) is 2.73. The van der Waals surface area contributed by atoms with E-state index in [0.29, 0.717) is 12.6 Å². The van der Waals surface area contributed by atoms with Gasteiger partial charge in [-0.15, -0.1) is 0 Å². The first kappa shape index (κ1) is 9.93. The van der Waals surface area contributed by atoms with Crippen molar-refractivity contribution in [2.75, 3.05) is 20.2 Å². The number of rotatable bonds is 3. The number of hydrogen-bond acceptors (Lipinski definition) is 4. The van der Waals surface area contributed by atoms with Gasteiger partial charge < -0.3 is 10.5 Å². The minimum atomic E-state index is -0.473. The second-order valence-electron chi connectivity index (χ2n) is 4.42. The molecular weight excluding hydrogens is 180 g/mol. The molecule has 0 aromatic heterocycles. The molecule has 0 aromatic carbocycles. The highest BCUT2D eigenvalue weighted by Crippen LogP contribution is 2.37. The Morgan fingerprint density at radius 1 is 1.64 bits per heavy atom. The number of methoxy groups -OCH3 is 1. The van der Waals surface area contributed by atoms with E-state index < -0.39 is 6.04 Å². The second kappa shape index (κ2) is 3.87.